The molecule has 8 heteroatoms. The van der Waals surface area contributed by atoms with Crippen LogP contribution in [-0.2, 0) is 20.9 Å². The number of carbonyl (C=O) groups excluding carboxylic acids is 2. The summed E-state index contributed by atoms with van der Waals surface area (Å²) in [6.07, 6.45) is 1.65. The number of esters is 1. The van der Waals surface area contributed by atoms with Crippen molar-refractivity contribution >= 4 is 61.4 Å². The summed E-state index contributed by atoms with van der Waals surface area (Å²) < 4.78 is 12.8. The molecule has 0 saturated heterocycles. The van der Waals surface area contributed by atoms with E-state index in [0.717, 1.165) is 20.1 Å². The van der Waals surface area contributed by atoms with Crippen molar-refractivity contribution in [3.05, 3.63) is 97.6 Å². The van der Waals surface area contributed by atoms with Gasteiger partial charge in [0.05, 0.1) is 8.95 Å². The van der Waals surface area contributed by atoms with Crippen LogP contribution in [0.4, 0.5) is 5.69 Å². The average molecular weight is 584 g/mol. The van der Waals surface area contributed by atoms with Gasteiger partial charge < -0.3 is 14.8 Å². The molecule has 0 radical (unpaired) electrons. The van der Waals surface area contributed by atoms with Crippen LogP contribution in [0.1, 0.15) is 29.2 Å². The topological polar surface area (TPSA) is 77.0 Å². The Morgan fingerprint density at radius 2 is 1.71 bits per heavy atom. The van der Waals surface area contributed by atoms with Gasteiger partial charge in [0.25, 0.3) is 0 Å². The van der Waals surface area contributed by atoms with E-state index in [9.17, 15) is 9.59 Å². The first-order valence-corrected chi connectivity index (χ1v) is 11.9. The molecule has 4 rings (SSSR count). The summed E-state index contributed by atoms with van der Waals surface area (Å²) in [5.74, 6) is 0.182. The molecule has 0 atom stereocenters. The first-order valence-electron chi connectivity index (χ1n) is 10.4. The monoisotopic (exact) mass is 582 g/mol. The number of nitrogens with one attached hydrogen (secondary N) is 1. The fourth-order valence-corrected chi connectivity index (χ4v) is 4.68. The number of rotatable bonds is 6. The highest BCUT2D eigenvalue weighted by Crippen LogP contribution is 2.36. The zero-order valence-corrected chi connectivity index (χ0v) is 21.6. The number of amides is 1. The number of hydrogen-bond donors (Lipinski definition) is 1. The zero-order valence-electron chi connectivity index (χ0n) is 18.4. The molecule has 3 aromatic rings. The van der Waals surface area contributed by atoms with Crippen molar-refractivity contribution in [3.8, 4) is 5.75 Å². The van der Waals surface area contributed by atoms with Gasteiger partial charge in [0.15, 0.2) is 5.70 Å². The minimum atomic E-state index is -0.534. The van der Waals surface area contributed by atoms with Gasteiger partial charge in [-0.25, -0.2) is 9.79 Å². The van der Waals surface area contributed by atoms with Gasteiger partial charge in [-0.3, -0.25) is 4.79 Å². The molecule has 1 aliphatic rings. The minimum Gasteiger partial charge on any atom is -0.487 e. The normalized spacial score (nSPS) is 14.1. The molecule has 0 fully saturated rings. The van der Waals surface area contributed by atoms with Crippen LogP contribution < -0.4 is 10.1 Å². The van der Waals surface area contributed by atoms with E-state index in [2.05, 4.69) is 42.2 Å². The number of aryl methyl sites for hydroxylation is 1. The summed E-state index contributed by atoms with van der Waals surface area (Å²) in [6.45, 7) is 3.91. The predicted octanol–water partition coefficient (Wildman–Crippen LogP) is 6.40. The molecular weight excluding hydrogens is 564 g/mol. The van der Waals surface area contributed by atoms with Crippen molar-refractivity contribution in [1.82, 2.24) is 0 Å². The van der Waals surface area contributed by atoms with Gasteiger partial charge in [0.1, 0.15) is 12.4 Å². The second-order valence-corrected chi connectivity index (χ2v) is 9.39. The summed E-state index contributed by atoms with van der Waals surface area (Å²) in [7, 11) is 0. The van der Waals surface area contributed by atoms with Crippen molar-refractivity contribution in [3.63, 3.8) is 0 Å². The second-order valence-electron chi connectivity index (χ2n) is 7.68. The molecule has 1 N–H and O–H groups in total. The van der Waals surface area contributed by atoms with E-state index in [1.165, 1.54) is 12.5 Å². The number of nitrogens with zero attached hydrogens (tertiary/aromatic N) is 1. The first kappa shape index (κ1) is 23.9. The molecule has 1 amide bonds. The summed E-state index contributed by atoms with van der Waals surface area (Å²) in [6, 6.07) is 18.8. The van der Waals surface area contributed by atoms with Crippen LogP contribution in [-0.4, -0.2) is 17.8 Å². The van der Waals surface area contributed by atoms with E-state index in [0.29, 0.717) is 23.6 Å². The Labute approximate surface area is 214 Å². The third kappa shape index (κ3) is 5.81. The summed E-state index contributed by atoms with van der Waals surface area (Å²) in [5.41, 5.74) is 4.48. The fraction of sp³-hybridized carbons (Fsp3) is 0.115. The molecule has 0 aliphatic carbocycles. The number of halogens is 2. The van der Waals surface area contributed by atoms with Crippen molar-refractivity contribution in [2.45, 2.75) is 20.5 Å². The molecule has 3 aromatic carbocycles. The van der Waals surface area contributed by atoms with E-state index in [1.54, 1.807) is 30.3 Å². The smallest absolute Gasteiger partial charge is 0.363 e. The number of hydrogen-bond acceptors (Lipinski definition) is 5. The van der Waals surface area contributed by atoms with Crippen LogP contribution in [0, 0.1) is 6.92 Å². The van der Waals surface area contributed by atoms with Crippen LogP contribution in [0.5, 0.6) is 5.75 Å². The van der Waals surface area contributed by atoms with E-state index in [4.69, 9.17) is 9.47 Å². The molecule has 0 unspecified atom stereocenters. The van der Waals surface area contributed by atoms with E-state index >= 15 is 0 Å². The van der Waals surface area contributed by atoms with Crippen molar-refractivity contribution in [2.75, 3.05) is 5.32 Å². The third-order valence-electron chi connectivity index (χ3n) is 4.90. The van der Waals surface area contributed by atoms with E-state index in [1.807, 2.05) is 43.3 Å². The number of anilines is 1. The lowest BCUT2D eigenvalue weighted by atomic mass is 10.1. The number of cyclic esters (lactones) is 1. The van der Waals surface area contributed by atoms with Crippen LogP contribution in [0.3, 0.4) is 0 Å². The first-order chi connectivity index (χ1) is 16.3. The Bertz CT molecular complexity index is 1290. The highest BCUT2D eigenvalue weighted by atomic mass is 79.9. The molecule has 0 aromatic heterocycles. The van der Waals surface area contributed by atoms with Crippen LogP contribution in [0.2, 0.25) is 0 Å². The quantitative estimate of drug-likeness (QED) is 0.269. The third-order valence-corrected chi connectivity index (χ3v) is 6.08. The largest absolute Gasteiger partial charge is 0.487 e. The number of carbonyl (C=O) groups is 2. The average Bonchev–Trinajstić information content (AvgIpc) is 3.14. The van der Waals surface area contributed by atoms with Gasteiger partial charge in [0, 0.05) is 18.2 Å². The molecule has 6 nitrogen and oxygen atoms in total. The summed E-state index contributed by atoms with van der Waals surface area (Å²) >= 11 is 7.11. The van der Waals surface area contributed by atoms with Gasteiger partial charge in [-0.15, -0.1) is 0 Å². The Morgan fingerprint density at radius 3 is 2.32 bits per heavy atom. The lowest BCUT2D eigenvalue weighted by molar-refractivity contribution is -0.129. The fourth-order valence-electron chi connectivity index (χ4n) is 3.23. The second kappa shape index (κ2) is 10.4. The van der Waals surface area contributed by atoms with Gasteiger partial charge in [0.2, 0.25) is 11.8 Å². The summed E-state index contributed by atoms with van der Waals surface area (Å²) in [4.78, 5) is 27.9. The maximum Gasteiger partial charge on any atom is 0.363 e. The SMILES string of the molecule is CC(=O)Nc1ccc(C2=N/C(=C\c3cc(Br)c(OCc4ccc(C)cc4)c(Br)c3)C(=O)O2)cc1. The highest BCUT2D eigenvalue weighted by molar-refractivity contribution is 9.11. The van der Waals surface area contributed by atoms with Crippen molar-refractivity contribution in [2.24, 2.45) is 4.99 Å². The molecule has 34 heavy (non-hydrogen) atoms. The van der Waals surface area contributed by atoms with Crippen LogP contribution in [0.25, 0.3) is 6.08 Å². The zero-order chi connectivity index (χ0) is 24.2. The van der Waals surface area contributed by atoms with E-state index < -0.39 is 5.97 Å². The summed E-state index contributed by atoms with van der Waals surface area (Å²) in [5, 5.41) is 2.69. The standard InChI is InChI=1S/C26H20Br2N2O4/c1-15-3-5-17(6-4-15)14-33-24-21(27)11-18(12-22(24)28)13-23-26(32)34-25(30-23)19-7-9-20(10-8-19)29-16(2)31/h3-13H,14H2,1-2H3,(H,29,31)/b23-13-. The van der Waals surface area contributed by atoms with E-state index in [-0.39, 0.29) is 17.5 Å². The Hall–Kier alpha value is -3.23. The molecule has 172 valence electrons. The molecule has 1 heterocycles. The minimum absolute atomic E-state index is 0.161. The van der Waals surface area contributed by atoms with Crippen LogP contribution >= 0.6 is 31.9 Å². The maximum atomic E-state index is 12.4. The highest BCUT2D eigenvalue weighted by Gasteiger charge is 2.24. The number of benzene rings is 3. The maximum absolute atomic E-state index is 12.4. The molecule has 1 aliphatic heterocycles. The van der Waals surface area contributed by atoms with Gasteiger partial charge in [-0.2, -0.15) is 0 Å². The van der Waals surface area contributed by atoms with Crippen molar-refractivity contribution < 1.29 is 19.1 Å². The lowest BCUT2D eigenvalue weighted by Gasteiger charge is -2.11. The molecular formula is C26H20Br2N2O4. The van der Waals surface area contributed by atoms with Crippen LogP contribution in [0.15, 0.2) is 80.3 Å². The molecule has 0 saturated carbocycles. The van der Waals surface area contributed by atoms with Gasteiger partial charge >= 0.3 is 5.97 Å². The molecule has 0 bridgehead atoms. The molecule has 0 spiro atoms. The number of ether oxygens (including phenoxy) is 2. The number of aliphatic imine (C=N–C) groups is 1. The Kier molecular flexibility index (Phi) is 7.29. The predicted molar refractivity (Wildman–Crippen MR) is 139 cm³/mol. The van der Waals surface area contributed by atoms with Crippen molar-refractivity contribution in [1.29, 1.82) is 0 Å². The van der Waals surface area contributed by atoms with Gasteiger partial charge in [-0.05, 0) is 92.4 Å². The Morgan fingerprint density at radius 1 is 1.06 bits per heavy atom. The Balaban J connectivity index is 1.51. The van der Waals surface area contributed by atoms with Gasteiger partial charge in [-0.1, -0.05) is 29.8 Å². The lowest BCUT2D eigenvalue weighted by Crippen LogP contribution is -2.07.